The van der Waals surface area contributed by atoms with E-state index < -0.39 is 9.84 Å². The van der Waals surface area contributed by atoms with Gasteiger partial charge in [-0.2, -0.15) is 0 Å². The van der Waals surface area contributed by atoms with Crippen LogP contribution in [-0.2, 0) is 9.84 Å². The van der Waals surface area contributed by atoms with Gasteiger partial charge < -0.3 is 5.73 Å². The van der Waals surface area contributed by atoms with Gasteiger partial charge in [0.05, 0.1) is 4.90 Å². The Hall–Kier alpha value is -1.88. The molecule has 0 aliphatic carbocycles. The molecular weight excluding hydrogens is 236 g/mol. The van der Waals surface area contributed by atoms with E-state index in [1.807, 2.05) is 6.92 Å². The average molecular weight is 248 g/mol. The molecule has 0 radical (unpaired) electrons. The van der Waals surface area contributed by atoms with Crippen molar-refractivity contribution in [2.75, 3.05) is 5.73 Å². The summed E-state index contributed by atoms with van der Waals surface area (Å²) in [5.74, 6) is 0. The molecule has 0 amide bonds. The van der Waals surface area contributed by atoms with E-state index in [1.165, 1.54) is 18.3 Å². The molecule has 17 heavy (non-hydrogen) atoms. The number of rotatable bonds is 2. The van der Waals surface area contributed by atoms with Crippen LogP contribution in [0.15, 0.2) is 52.5 Å². The Balaban J connectivity index is 2.54. The van der Waals surface area contributed by atoms with E-state index in [2.05, 4.69) is 4.98 Å². The SMILES string of the molecule is Cc1ccnc(S(=O)(=O)c2ccc(N)cc2)c1. The number of nitrogens with zero attached hydrogens (tertiary/aromatic N) is 1. The van der Waals surface area contributed by atoms with Gasteiger partial charge in [-0.3, -0.25) is 0 Å². The van der Waals surface area contributed by atoms with Gasteiger partial charge in [0.25, 0.3) is 0 Å². The van der Waals surface area contributed by atoms with Gasteiger partial charge >= 0.3 is 0 Å². The van der Waals surface area contributed by atoms with Crippen molar-refractivity contribution in [3.63, 3.8) is 0 Å². The zero-order valence-corrected chi connectivity index (χ0v) is 10.1. The first-order valence-corrected chi connectivity index (χ1v) is 6.52. The van der Waals surface area contributed by atoms with Crippen LogP contribution in [0.5, 0.6) is 0 Å². The highest BCUT2D eigenvalue weighted by atomic mass is 32.2. The van der Waals surface area contributed by atoms with Gasteiger partial charge in [-0.1, -0.05) is 0 Å². The number of sulfone groups is 1. The molecule has 0 aliphatic heterocycles. The van der Waals surface area contributed by atoms with Crippen LogP contribution in [0.2, 0.25) is 0 Å². The van der Waals surface area contributed by atoms with E-state index in [1.54, 1.807) is 24.3 Å². The normalized spacial score (nSPS) is 11.4. The van der Waals surface area contributed by atoms with Crippen molar-refractivity contribution in [2.45, 2.75) is 16.8 Å². The Kier molecular flexibility index (Phi) is 2.85. The van der Waals surface area contributed by atoms with Crippen LogP contribution >= 0.6 is 0 Å². The van der Waals surface area contributed by atoms with Gasteiger partial charge in [-0.25, -0.2) is 13.4 Å². The number of anilines is 1. The first kappa shape index (κ1) is 11.6. The number of nitrogens with two attached hydrogens (primary N) is 1. The molecule has 1 heterocycles. The second-order valence-electron chi connectivity index (χ2n) is 3.74. The summed E-state index contributed by atoms with van der Waals surface area (Å²) in [4.78, 5) is 4.09. The van der Waals surface area contributed by atoms with E-state index in [-0.39, 0.29) is 9.92 Å². The van der Waals surface area contributed by atoms with Crippen molar-refractivity contribution in [1.82, 2.24) is 4.98 Å². The van der Waals surface area contributed by atoms with Crippen LogP contribution in [0.4, 0.5) is 5.69 Å². The van der Waals surface area contributed by atoms with Gasteiger partial charge in [0, 0.05) is 11.9 Å². The fourth-order valence-corrected chi connectivity index (χ4v) is 2.70. The number of benzene rings is 1. The standard InChI is InChI=1S/C12H12N2O2S/c1-9-6-7-14-12(8-9)17(15,16)11-4-2-10(13)3-5-11/h2-8H,13H2,1H3. The highest BCUT2D eigenvalue weighted by Gasteiger charge is 2.18. The number of nitrogen functional groups attached to an aromatic ring is 1. The van der Waals surface area contributed by atoms with Crippen molar-refractivity contribution >= 4 is 15.5 Å². The molecule has 0 saturated carbocycles. The summed E-state index contributed by atoms with van der Waals surface area (Å²) in [5, 5.41) is 0.0577. The third kappa shape index (κ3) is 2.29. The van der Waals surface area contributed by atoms with Gasteiger partial charge in [0.15, 0.2) is 5.03 Å². The molecule has 0 spiro atoms. The summed E-state index contributed by atoms with van der Waals surface area (Å²) in [6, 6.07) is 9.38. The molecule has 0 unspecified atom stereocenters. The Morgan fingerprint density at radius 3 is 2.35 bits per heavy atom. The Bertz CT molecular complexity index is 634. The zero-order valence-electron chi connectivity index (χ0n) is 9.29. The highest BCUT2D eigenvalue weighted by Crippen LogP contribution is 2.20. The van der Waals surface area contributed by atoms with Gasteiger partial charge in [-0.15, -0.1) is 0 Å². The van der Waals surface area contributed by atoms with E-state index in [9.17, 15) is 8.42 Å². The predicted molar refractivity (Wildman–Crippen MR) is 65.3 cm³/mol. The molecule has 5 heteroatoms. The van der Waals surface area contributed by atoms with Crippen LogP contribution in [-0.4, -0.2) is 13.4 Å². The molecule has 0 saturated heterocycles. The summed E-state index contributed by atoms with van der Waals surface area (Å²) in [7, 11) is -3.54. The Morgan fingerprint density at radius 2 is 1.76 bits per heavy atom. The van der Waals surface area contributed by atoms with Crippen molar-refractivity contribution in [2.24, 2.45) is 0 Å². The molecule has 2 rings (SSSR count). The lowest BCUT2D eigenvalue weighted by Gasteiger charge is -2.04. The number of aryl methyl sites for hydroxylation is 1. The molecule has 0 aliphatic rings. The molecule has 4 nitrogen and oxygen atoms in total. The van der Waals surface area contributed by atoms with Gasteiger partial charge in [-0.05, 0) is 48.9 Å². The number of pyridine rings is 1. The summed E-state index contributed by atoms with van der Waals surface area (Å²) in [5.41, 5.74) is 6.91. The van der Waals surface area contributed by atoms with Crippen LogP contribution in [0.1, 0.15) is 5.56 Å². The van der Waals surface area contributed by atoms with Gasteiger partial charge in [0.1, 0.15) is 0 Å². The lowest BCUT2D eigenvalue weighted by atomic mass is 10.3. The molecule has 1 aromatic carbocycles. The maximum absolute atomic E-state index is 12.2. The molecule has 0 atom stereocenters. The molecular formula is C12H12N2O2S. The minimum absolute atomic E-state index is 0.0577. The Labute approximate surface area is 100 Å². The topological polar surface area (TPSA) is 73.0 Å². The number of hydrogen-bond donors (Lipinski definition) is 1. The number of aromatic nitrogens is 1. The zero-order chi connectivity index (χ0) is 12.5. The molecule has 88 valence electrons. The minimum atomic E-state index is -3.54. The average Bonchev–Trinajstić information content (AvgIpc) is 2.29. The first-order chi connectivity index (χ1) is 8.00. The molecule has 0 bridgehead atoms. The minimum Gasteiger partial charge on any atom is -0.399 e. The fourth-order valence-electron chi connectivity index (χ4n) is 1.42. The lowest BCUT2D eigenvalue weighted by molar-refractivity contribution is 0.592. The van der Waals surface area contributed by atoms with Crippen LogP contribution < -0.4 is 5.73 Å². The smallest absolute Gasteiger partial charge is 0.223 e. The highest BCUT2D eigenvalue weighted by molar-refractivity contribution is 7.91. The quantitative estimate of drug-likeness (QED) is 0.822. The second-order valence-corrected chi connectivity index (χ2v) is 5.64. The third-order valence-corrected chi connectivity index (χ3v) is 4.02. The van der Waals surface area contributed by atoms with Crippen molar-refractivity contribution in [1.29, 1.82) is 0 Å². The molecule has 2 N–H and O–H groups in total. The fraction of sp³-hybridized carbons (Fsp3) is 0.0833. The van der Waals surface area contributed by atoms with Crippen LogP contribution in [0, 0.1) is 6.92 Å². The van der Waals surface area contributed by atoms with E-state index in [4.69, 9.17) is 5.73 Å². The predicted octanol–water partition coefficient (Wildman–Crippen LogP) is 1.81. The largest absolute Gasteiger partial charge is 0.399 e. The summed E-state index contributed by atoms with van der Waals surface area (Å²) < 4.78 is 24.4. The maximum Gasteiger partial charge on any atom is 0.223 e. The summed E-state index contributed by atoms with van der Waals surface area (Å²) >= 11 is 0. The van der Waals surface area contributed by atoms with E-state index in [0.29, 0.717) is 5.69 Å². The molecule has 0 fully saturated rings. The van der Waals surface area contributed by atoms with Crippen molar-refractivity contribution in [3.8, 4) is 0 Å². The van der Waals surface area contributed by atoms with Gasteiger partial charge in [0.2, 0.25) is 9.84 Å². The van der Waals surface area contributed by atoms with E-state index in [0.717, 1.165) is 5.56 Å². The third-order valence-electron chi connectivity index (χ3n) is 2.36. The van der Waals surface area contributed by atoms with Crippen molar-refractivity contribution < 1.29 is 8.42 Å². The van der Waals surface area contributed by atoms with Crippen LogP contribution in [0.25, 0.3) is 0 Å². The second kappa shape index (κ2) is 4.18. The lowest BCUT2D eigenvalue weighted by Crippen LogP contribution is -2.04. The molecule has 2 aromatic rings. The molecule has 1 aromatic heterocycles. The summed E-state index contributed by atoms with van der Waals surface area (Å²) in [6.45, 7) is 1.82. The number of hydrogen-bond acceptors (Lipinski definition) is 4. The van der Waals surface area contributed by atoms with Crippen LogP contribution in [0.3, 0.4) is 0 Å². The summed E-state index contributed by atoms with van der Waals surface area (Å²) in [6.07, 6.45) is 1.49. The van der Waals surface area contributed by atoms with E-state index >= 15 is 0 Å². The Morgan fingerprint density at radius 1 is 1.12 bits per heavy atom. The first-order valence-electron chi connectivity index (χ1n) is 5.03. The maximum atomic E-state index is 12.2. The monoisotopic (exact) mass is 248 g/mol. The van der Waals surface area contributed by atoms with Crippen molar-refractivity contribution in [3.05, 3.63) is 48.2 Å².